The average molecular weight is 536 g/mol. The molecule has 0 bridgehead atoms. The van der Waals surface area contributed by atoms with Crippen LogP contribution in [-0.2, 0) is 5.54 Å². The molecular formula is C30H45N7S. The van der Waals surface area contributed by atoms with Gasteiger partial charge in [-0.1, -0.05) is 50.8 Å². The van der Waals surface area contributed by atoms with Crippen LogP contribution in [0.2, 0.25) is 0 Å². The molecule has 206 valence electrons. The van der Waals surface area contributed by atoms with E-state index in [1.54, 1.807) is 0 Å². The highest BCUT2D eigenvalue weighted by molar-refractivity contribution is 7.97. The number of rotatable bonds is 12. The number of aliphatic imine (C=N–C) groups is 3. The predicted molar refractivity (Wildman–Crippen MR) is 164 cm³/mol. The van der Waals surface area contributed by atoms with Gasteiger partial charge >= 0.3 is 0 Å². The number of hydrogen-bond acceptors (Lipinski definition) is 7. The third-order valence-electron chi connectivity index (χ3n) is 8.69. The van der Waals surface area contributed by atoms with Crippen molar-refractivity contribution in [2.45, 2.75) is 76.4 Å². The maximum atomic E-state index is 4.78. The van der Waals surface area contributed by atoms with Crippen molar-refractivity contribution < 1.29 is 0 Å². The predicted octanol–water partition coefficient (Wildman–Crippen LogP) is 5.86. The lowest BCUT2D eigenvalue weighted by Gasteiger charge is -2.40. The minimum atomic E-state index is 0.0715. The van der Waals surface area contributed by atoms with Crippen LogP contribution in [-0.4, -0.2) is 77.7 Å². The molecule has 5 rings (SSSR count). The fourth-order valence-corrected chi connectivity index (χ4v) is 7.30. The summed E-state index contributed by atoms with van der Waals surface area (Å²) in [6.45, 7) is 15.3. The van der Waals surface area contributed by atoms with Crippen molar-refractivity contribution in [2.75, 3.05) is 38.6 Å². The zero-order chi connectivity index (χ0) is 26.4. The highest BCUT2D eigenvalue weighted by Gasteiger charge is 2.35. The van der Waals surface area contributed by atoms with Crippen LogP contribution < -0.4 is 5.32 Å². The van der Waals surface area contributed by atoms with Gasteiger partial charge in [-0.3, -0.25) is 15.3 Å². The minimum absolute atomic E-state index is 0.0715. The Kier molecular flexibility index (Phi) is 9.23. The molecule has 0 spiro atoms. The lowest BCUT2D eigenvalue weighted by atomic mass is 9.79. The van der Waals surface area contributed by atoms with Gasteiger partial charge in [-0.25, -0.2) is 9.30 Å². The van der Waals surface area contributed by atoms with Crippen molar-refractivity contribution >= 4 is 43.0 Å². The maximum Gasteiger partial charge on any atom is 0.141 e. The standard InChI is InChI=1S/C30H45N7S/c1-4-26-19-25(29(31-3)37(26)30(5-2)13-7-6-8-14-30)20-32-23-34-28-12-11-27(21-33-28)35-15-17-36(18-16-35)38-22-24-9-10-24/h4,11,19-21,24,28,34H,1,3,5-10,12-18,22-23H2,2H3/b32-20-. The summed E-state index contributed by atoms with van der Waals surface area (Å²) in [5.41, 5.74) is 3.50. The molecule has 1 unspecified atom stereocenters. The Hall–Kier alpha value is -2.16. The lowest BCUT2D eigenvalue weighted by Crippen LogP contribution is -2.44. The molecule has 1 aromatic heterocycles. The SMILES string of the molecule is C=Cc1cc(/C=N\CNC2CC=C(N3CCN(SCC4CC4)CC3)C=N2)c(N=C)n1C1(CC)CCCCC1. The first kappa shape index (κ1) is 27.4. The molecular weight excluding hydrogens is 490 g/mol. The van der Waals surface area contributed by atoms with Gasteiger partial charge in [-0.05, 0) is 56.9 Å². The third-order valence-corrected chi connectivity index (χ3v) is 10.0. The zero-order valence-corrected chi connectivity index (χ0v) is 24.0. The monoisotopic (exact) mass is 535 g/mol. The van der Waals surface area contributed by atoms with E-state index < -0.39 is 0 Å². The smallest absolute Gasteiger partial charge is 0.141 e. The Morgan fingerprint density at radius 2 is 1.97 bits per heavy atom. The molecule has 2 aliphatic heterocycles. The van der Waals surface area contributed by atoms with E-state index in [1.165, 1.54) is 56.4 Å². The highest BCUT2D eigenvalue weighted by Crippen LogP contribution is 2.43. The topological polar surface area (TPSA) is 60.5 Å². The Labute approximate surface area is 233 Å². The molecule has 1 saturated heterocycles. The van der Waals surface area contributed by atoms with E-state index in [4.69, 9.17) is 9.98 Å². The molecule has 0 radical (unpaired) electrons. The van der Waals surface area contributed by atoms with Crippen LogP contribution >= 0.6 is 11.9 Å². The van der Waals surface area contributed by atoms with E-state index in [0.717, 1.165) is 62.0 Å². The fraction of sp³-hybridized carbons (Fsp3) is 0.633. The van der Waals surface area contributed by atoms with Crippen molar-refractivity contribution in [3.8, 4) is 0 Å². The maximum absolute atomic E-state index is 4.78. The molecule has 3 heterocycles. The molecule has 1 aromatic rings. The number of nitrogens with zero attached hydrogens (tertiary/aromatic N) is 6. The summed E-state index contributed by atoms with van der Waals surface area (Å²) in [6.07, 6.45) is 19.4. The number of dihydropyridines is 1. The second-order valence-electron chi connectivity index (χ2n) is 11.2. The average Bonchev–Trinajstić information content (AvgIpc) is 3.74. The summed E-state index contributed by atoms with van der Waals surface area (Å²) in [5.74, 6) is 3.22. The van der Waals surface area contributed by atoms with Crippen molar-refractivity contribution in [2.24, 2.45) is 20.9 Å². The Morgan fingerprint density at radius 3 is 2.61 bits per heavy atom. The quantitative estimate of drug-likeness (QED) is 0.269. The first-order chi connectivity index (χ1) is 18.7. The van der Waals surface area contributed by atoms with Gasteiger partial charge in [-0.2, -0.15) is 0 Å². The zero-order valence-electron chi connectivity index (χ0n) is 23.2. The summed E-state index contributed by atoms with van der Waals surface area (Å²) in [4.78, 5) is 16.4. The van der Waals surface area contributed by atoms with Crippen molar-refractivity contribution in [3.63, 3.8) is 0 Å². The van der Waals surface area contributed by atoms with Crippen molar-refractivity contribution in [3.05, 3.63) is 35.7 Å². The fourth-order valence-electron chi connectivity index (χ4n) is 6.12. The summed E-state index contributed by atoms with van der Waals surface area (Å²) < 4.78 is 4.94. The third kappa shape index (κ3) is 6.35. The van der Waals surface area contributed by atoms with Gasteiger partial charge in [0.25, 0.3) is 0 Å². The van der Waals surface area contributed by atoms with Crippen LogP contribution in [0.15, 0.2) is 39.4 Å². The molecule has 38 heavy (non-hydrogen) atoms. The second kappa shape index (κ2) is 12.8. The van der Waals surface area contributed by atoms with Crippen LogP contribution in [0.4, 0.5) is 5.82 Å². The number of hydrogen-bond donors (Lipinski definition) is 1. The van der Waals surface area contributed by atoms with Crippen LogP contribution in [0.5, 0.6) is 0 Å². The molecule has 4 aliphatic rings. The van der Waals surface area contributed by atoms with E-state index in [2.05, 4.69) is 68.4 Å². The Balaban J connectivity index is 1.12. The van der Waals surface area contributed by atoms with E-state index in [-0.39, 0.29) is 11.7 Å². The molecule has 1 N–H and O–H groups in total. The molecule has 0 amide bonds. The van der Waals surface area contributed by atoms with E-state index in [1.807, 2.05) is 18.5 Å². The summed E-state index contributed by atoms with van der Waals surface area (Å²) in [6, 6.07) is 2.16. The van der Waals surface area contributed by atoms with Crippen LogP contribution in [0.3, 0.4) is 0 Å². The van der Waals surface area contributed by atoms with Gasteiger partial charge < -0.3 is 9.47 Å². The summed E-state index contributed by atoms with van der Waals surface area (Å²) >= 11 is 2.05. The molecule has 8 heteroatoms. The number of aromatic nitrogens is 1. The van der Waals surface area contributed by atoms with E-state index >= 15 is 0 Å². The van der Waals surface area contributed by atoms with Crippen molar-refractivity contribution in [1.82, 2.24) is 19.1 Å². The normalized spacial score (nSPS) is 24.1. The van der Waals surface area contributed by atoms with Gasteiger partial charge in [0.15, 0.2) is 0 Å². The highest BCUT2D eigenvalue weighted by atomic mass is 32.2. The molecule has 2 aliphatic carbocycles. The lowest BCUT2D eigenvalue weighted by molar-refractivity contribution is 0.187. The van der Waals surface area contributed by atoms with E-state index in [0.29, 0.717) is 6.67 Å². The molecule has 0 aromatic carbocycles. The first-order valence-corrected chi connectivity index (χ1v) is 15.5. The molecule has 1 atom stereocenters. The Bertz CT molecular complexity index is 1050. The van der Waals surface area contributed by atoms with Crippen LogP contribution in [0.1, 0.15) is 76.0 Å². The van der Waals surface area contributed by atoms with Gasteiger partial charge in [0, 0.05) is 67.6 Å². The van der Waals surface area contributed by atoms with Gasteiger partial charge in [0.2, 0.25) is 0 Å². The second-order valence-corrected chi connectivity index (χ2v) is 12.3. The number of nitrogens with one attached hydrogen (secondary N) is 1. The Morgan fingerprint density at radius 1 is 1.18 bits per heavy atom. The summed E-state index contributed by atoms with van der Waals surface area (Å²) in [7, 11) is 0. The first-order valence-electron chi connectivity index (χ1n) is 14.6. The molecule has 2 saturated carbocycles. The molecule has 7 nitrogen and oxygen atoms in total. The number of piperazine rings is 1. The van der Waals surface area contributed by atoms with Crippen LogP contribution in [0.25, 0.3) is 6.08 Å². The van der Waals surface area contributed by atoms with Crippen molar-refractivity contribution in [1.29, 1.82) is 0 Å². The van der Waals surface area contributed by atoms with Gasteiger partial charge in [0.1, 0.15) is 12.0 Å². The van der Waals surface area contributed by atoms with E-state index in [9.17, 15) is 0 Å². The summed E-state index contributed by atoms with van der Waals surface area (Å²) in [5, 5.41) is 3.47. The largest absolute Gasteiger partial charge is 0.368 e. The van der Waals surface area contributed by atoms with Crippen LogP contribution in [0, 0.1) is 5.92 Å². The number of allylic oxidation sites excluding steroid dienone is 1. The minimum Gasteiger partial charge on any atom is -0.368 e. The molecule has 3 fully saturated rings. The van der Waals surface area contributed by atoms with Gasteiger partial charge in [-0.15, -0.1) is 0 Å². The van der Waals surface area contributed by atoms with Gasteiger partial charge in [0.05, 0.1) is 12.4 Å².